The fourth-order valence-corrected chi connectivity index (χ4v) is 6.91. The van der Waals surface area contributed by atoms with Gasteiger partial charge in [0.2, 0.25) is 0 Å². The van der Waals surface area contributed by atoms with E-state index in [1.807, 2.05) is 57.3 Å². The lowest BCUT2D eigenvalue weighted by Gasteiger charge is -2.48. The van der Waals surface area contributed by atoms with Gasteiger partial charge in [0.15, 0.2) is 0 Å². The lowest BCUT2D eigenvalue weighted by Crippen LogP contribution is -2.73. The normalized spacial score (nSPS) is 16.2. The van der Waals surface area contributed by atoms with Gasteiger partial charge < -0.3 is 19.9 Å². The van der Waals surface area contributed by atoms with E-state index < -0.39 is 37.0 Å². The number of nitrogens with one attached hydrogen (secondary N) is 1. The van der Waals surface area contributed by atoms with Gasteiger partial charge in [0.1, 0.15) is 13.7 Å². The molecule has 1 amide bonds. The Labute approximate surface area is 182 Å². The van der Waals surface area contributed by atoms with Gasteiger partial charge in [-0.15, -0.1) is 0 Å². The van der Waals surface area contributed by atoms with Crippen molar-refractivity contribution < 1.29 is 24.2 Å². The summed E-state index contributed by atoms with van der Waals surface area (Å²) in [6.07, 6.45) is -0.0853. The molecule has 0 aromatic heterocycles. The summed E-state index contributed by atoms with van der Waals surface area (Å²) in [5, 5.41) is 14.6. The SMILES string of the molecule is CCOC(=O)C[C@](O)([C@@H](NC(=O)OC(C)(C)C)[C@@H](C)CC)[Si](C)(C)c1ccccc1. The van der Waals surface area contributed by atoms with Crippen LogP contribution in [0.1, 0.15) is 54.4 Å². The second kappa shape index (κ2) is 10.4. The molecule has 0 saturated carbocycles. The molecule has 0 aliphatic heterocycles. The molecule has 0 saturated heterocycles. The highest BCUT2D eigenvalue weighted by molar-refractivity contribution is 6.92. The van der Waals surface area contributed by atoms with E-state index in [-0.39, 0.29) is 18.9 Å². The summed E-state index contributed by atoms with van der Waals surface area (Å²) < 4.78 is 10.7. The summed E-state index contributed by atoms with van der Waals surface area (Å²) in [5.74, 6) is -0.566. The van der Waals surface area contributed by atoms with Gasteiger partial charge in [-0.3, -0.25) is 4.79 Å². The smallest absolute Gasteiger partial charge is 0.407 e. The third kappa shape index (κ3) is 6.57. The first-order chi connectivity index (χ1) is 13.8. The molecule has 0 spiro atoms. The van der Waals surface area contributed by atoms with E-state index in [9.17, 15) is 14.7 Å². The number of benzene rings is 1. The van der Waals surface area contributed by atoms with Crippen LogP contribution >= 0.6 is 0 Å². The molecule has 0 unspecified atom stereocenters. The zero-order valence-corrected chi connectivity index (χ0v) is 20.7. The van der Waals surface area contributed by atoms with Crippen molar-refractivity contribution >= 4 is 25.3 Å². The Bertz CT molecular complexity index is 701. The number of carbonyl (C=O) groups excluding carboxylic acids is 2. The van der Waals surface area contributed by atoms with Crippen LogP contribution < -0.4 is 10.5 Å². The zero-order chi connectivity index (χ0) is 23.2. The number of esters is 1. The van der Waals surface area contributed by atoms with Gasteiger partial charge in [-0.1, -0.05) is 68.9 Å². The Hall–Kier alpha value is -1.86. The quantitative estimate of drug-likeness (QED) is 0.454. The van der Waals surface area contributed by atoms with E-state index in [2.05, 4.69) is 5.32 Å². The number of alkyl carbamates (subject to hydrolysis) is 1. The summed E-state index contributed by atoms with van der Waals surface area (Å²) in [6.45, 7) is 15.3. The highest BCUT2D eigenvalue weighted by Gasteiger charge is 2.55. The largest absolute Gasteiger partial charge is 0.466 e. The average molecular weight is 438 g/mol. The minimum absolute atomic E-state index is 0.0903. The van der Waals surface area contributed by atoms with E-state index in [1.54, 1.807) is 27.7 Å². The van der Waals surface area contributed by atoms with Gasteiger partial charge in [-0.05, 0) is 33.6 Å². The molecular weight excluding hydrogens is 398 g/mol. The third-order valence-electron chi connectivity index (χ3n) is 5.70. The molecule has 1 aromatic rings. The van der Waals surface area contributed by atoms with Crippen LogP contribution in [-0.2, 0) is 14.3 Å². The van der Waals surface area contributed by atoms with Crippen LogP contribution in [0, 0.1) is 5.92 Å². The molecule has 0 heterocycles. The number of ether oxygens (including phenoxy) is 2. The van der Waals surface area contributed by atoms with E-state index in [4.69, 9.17) is 9.47 Å². The van der Waals surface area contributed by atoms with Crippen LogP contribution in [0.4, 0.5) is 4.79 Å². The molecule has 6 nitrogen and oxygen atoms in total. The number of aliphatic hydroxyl groups is 1. The minimum atomic E-state index is -2.71. The summed E-state index contributed by atoms with van der Waals surface area (Å²) in [5.41, 5.74) is -0.671. The maximum absolute atomic E-state index is 12.7. The first-order valence-electron chi connectivity index (χ1n) is 10.7. The third-order valence-corrected chi connectivity index (χ3v) is 10.1. The number of rotatable bonds is 9. The van der Waals surface area contributed by atoms with Crippen molar-refractivity contribution in [1.29, 1.82) is 0 Å². The summed E-state index contributed by atoms with van der Waals surface area (Å²) in [4.78, 5) is 25.2. The monoisotopic (exact) mass is 437 g/mol. The first kappa shape index (κ1) is 26.2. The molecular formula is C23H39NO5Si. The van der Waals surface area contributed by atoms with Gasteiger partial charge in [-0.25, -0.2) is 4.79 Å². The molecule has 3 atom stereocenters. The first-order valence-corrected chi connectivity index (χ1v) is 13.7. The number of amides is 1. The predicted octanol–water partition coefficient (Wildman–Crippen LogP) is 3.76. The van der Waals surface area contributed by atoms with E-state index >= 15 is 0 Å². The van der Waals surface area contributed by atoms with Crippen molar-refractivity contribution in [1.82, 2.24) is 5.32 Å². The van der Waals surface area contributed by atoms with Crippen molar-refractivity contribution in [3.63, 3.8) is 0 Å². The van der Waals surface area contributed by atoms with Gasteiger partial charge in [0.05, 0.1) is 24.3 Å². The molecule has 7 heteroatoms. The highest BCUT2D eigenvalue weighted by atomic mass is 28.3. The summed E-state index contributed by atoms with van der Waals surface area (Å²) in [7, 11) is -2.71. The maximum Gasteiger partial charge on any atom is 0.407 e. The minimum Gasteiger partial charge on any atom is -0.466 e. The number of hydrogen-bond donors (Lipinski definition) is 2. The molecule has 170 valence electrons. The van der Waals surface area contributed by atoms with Gasteiger partial charge >= 0.3 is 12.1 Å². The standard InChI is InChI=1S/C23H39NO5Si/c1-9-17(3)20(24-21(26)29-22(4,5)6)23(27,16-19(25)28-10-2)30(7,8)18-14-12-11-13-15-18/h11-15,17,20,27H,9-10,16H2,1-8H3,(H,24,26)/t17-,20-,23+/m0/s1. The van der Waals surface area contributed by atoms with Crippen molar-refractivity contribution in [2.75, 3.05) is 6.61 Å². The number of hydrogen-bond acceptors (Lipinski definition) is 5. The Balaban J connectivity index is 3.49. The van der Waals surface area contributed by atoms with Crippen LogP contribution in [0.3, 0.4) is 0 Å². The fourth-order valence-electron chi connectivity index (χ4n) is 3.66. The van der Waals surface area contributed by atoms with E-state index in [1.165, 1.54) is 0 Å². The second-order valence-corrected chi connectivity index (χ2v) is 14.1. The second-order valence-electron chi connectivity index (χ2n) is 9.41. The average Bonchev–Trinajstić information content (AvgIpc) is 2.64. The van der Waals surface area contributed by atoms with Gasteiger partial charge in [0.25, 0.3) is 0 Å². The molecule has 2 N–H and O–H groups in total. The summed E-state index contributed by atoms with van der Waals surface area (Å²) in [6, 6.07) is 9.04. The number of carbonyl (C=O) groups is 2. The molecule has 30 heavy (non-hydrogen) atoms. The maximum atomic E-state index is 12.7. The molecule has 0 aliphatic rings. The van der Waals surface area contributed by atoms with Crippen LogP contribution in [0.25, 0.3) is 0 Å². The predicted molar refractivity (Wildman–Crippen MR) is 122 cm³/mol. The lowest BCUT2D eigenvalue weighted by molar-refractivity contribution is -0.147. The molecule has 0 fully saturated rings. The van der Waals surface area contributed by atoms with E-state index in [0.29, 0.717) is 6.42 Å². The topological polar surface area (TPSA) is 84.9 Å². The van der Waals surface area contributed by atoms with Gasteiger partial charge in [0, 0.05) is 0 Å². The Kier molecular flexibility index (Phi) is 9.11. The molecule has 1 aromatic carbocycles. The highest BCUT2D eigenvalue weighted by Crippen LogP contribution is 2.33. The van der Waals surface area contributed by atoms with Crippen LogP contribution in [-0.4, -0.2) is 48.7 Å². The molecule has 0 aliphatic carbocycles. The Morgan fingerprint density at radius 2 is 1.70 bits per heavy atom. The fraction of sp³-hybridized carbons (Fsp3) is 0.652. The van der Waals surface area contributed by atoms with Crippen molar-refractivity contribution in [2.24, 2.45) is 5.92 Å². The van der Waals surface area contributed by atoms with Crippen molar-refractivity contribution in [3.8, 4) is 0 Å². The van der Waals surface area contributed by atoms with Gasteiger partial charge in [-0.2, -0.15) is 0 Å². The Morgan fingerprint density at radius 1 is 1.13 bits per heavy atom. The zero-order valence-electron chi connectivity index (χ0n) is 19.7. The summed E-state index contributed by atoms with van der Waals surface area (Å²) >= 11 is 0. The lowest BCUT2D eigenvalue weighted by atomic mass is 9.92. The Morgan fingerprint density at radius 3 is 2.17 bits per heavy atom. The van der Waals surface area contributed by atoms with Crippen molar-refractivity contribution in [2.45, 2.75) is 84.3 Å². The van der Waals surface area contributed by atoms with Crippen LogP contribution in [0.2, 0.25) is 13.1 Å². The molecule has 0 bridgehead atoms. The molecule has 0 radical (unpaired) electrons. The van der Waals surface area contributed by atoms with Crippen LogP contribution in [0.15, 0.2) is 30.3 Å². The molecule has 1 rings (SSSR count). The van der Waals surface area contributed by atoms with Crippen molar-refractivity contribution in [3.05, 3.63) is 30.3 Å². The van der Waals surface area contributed by atoms with E-state index in [0.717, 1.165) is 5.19 Å². The van der Waals surface area contributed by atoms with Crippen LogP contribution in [0.5, 0.6) is 0 Å².